The fraction of sp³-hybridized carbons (Fsp3) is 0.458. The molecule has 0 spiro atoms. The highest BCUT2D eigenvalue weighted by molar-refractivity contribution is 6.06. The Morgan fingerprint density at radius 2 is 1.59 bits per heavy atom. The molecule has 0 aliphatic carbocycles. The van der Waals surface area contributed by atoms with Gasteiger partial charge in [0.05, 0.1) is 11.0 Å². The maximum Gasteiger partial charge on any atom is 0.329 e. The zero-order valence-corrected chi connectivity index (χ0v) is 21.6. The minimum atomic E-state index is -0.418. The largest absolute Gasteiger partial charge is 0.329 e. The molecule has 8 nitrogen and oxygen atoms in total. The van der Waals surface area contributed by atoms with Gasteiger partial charge in [0.25, 0.3) is 11.5 Å². The number of aromatic nitrogens is 3. The summed E-state index contributed by atoms with van der Waals surface area (Å²) in [6.45, 7) is 10.4. The van der Waals surface area contributed by atoms with Crippen LogP contribution in [0.25, 0.3) is 11.0 Å². The molecular weight excluding hydrogens is 477 g/mol. The number of carbonyl (C=O) groups is 1. The van der Waals surface area contributed by atoms with Crippen LogP contribution in [0.15, 0.2) is 34.0 Å². The van der Waals surface area contributed by atoms with Gasteiger partial charge in [-0.1, -0.05) is 0 Å². The van der Waals surface area contributed by atoms with Gasteiger partial charge in [-0.3, -0.25) is 18.7 Å². The van der Waals surface area contributed by atoms with E-state index in [1.807, 2.05) is 39.0 Å². The lowest BCUT2D eigenvalue weighted by molar-refractivity contribution is 0.102. The smallest absolute Gasteiger partial charge is 0.321 e. The van der Waals surface area contributed by atoms with Crippen LogP contribution in [0.4, 0.5) is 5.69 Å². The fourth-order valence-electron chi connectivity index (χ4n) is 4.69. The number of piperidine rings is 1. The zero-order valence-electron chi connectivity index (χ0n) is 20.0. The van der Waals surface area contributed by atoms with Gasteiger partial charge in [-0.05, 0) is 83.0 Å². The monoisotopic (exact) mass is 509 g/mol. The van der Waals surface area contributed by atoms with E-state index >= 15 is 0 Å². The number of amides is 1. The normalized spacial score (nSPS) is 13.9. The van der Waals surface area contributed by atoms with Crippen LogP contribution in [0.5, 0.6) is 0 Å². The maximum atomic E-state index is 13.3. The molecule has 1 saturated heterocycles. The van der Waals surface area contributed by atoms with Crippen LogP contribution < -0.4 is 21.9 Å². The first-order valence-electron chi connectivity index (χ1n) is 11.3. The average Bonchev–Trinajstić information content (AvgIpc) is 3.04. The second-order valence-corrected chi connectivity index (χ2v) is 8.45. The van der Waals surface area contributed by atoms with Crippen molar-refractivity contribution in [2.24, 2.45) is 0 Å². The predicted octanol–water partition coefficient (Wildman–Crippen LogP) is 3.64. The van der Waals surface area contributed by atoms with Crippen LogP contribution in [0.3, 0.4) is 0 Å². The van der Waals surface area contributed by atoms with Crippen LogP contribution in [0.1, 0.15) is 54.2 Å². The molecule has 10 heteroatoms. The van der Waals surface area contributed by atoms with Gasteiger partial charge < -0.3 is 15.2 Å². The minimum absolute atomic E-state index is 0. The molecule has 4 rings (SSSR count). The number of rotatable bonds is 5. The number of halogens is 2. The van der Waals surface area contributed by atoms with Crippen LogP contribution in [-0.4, -0.2) is 32.7 Å². The lowest BCUT2D eigenvalue weighted by Gasteiger charge is -2.25. The van der Waals surface area contributed by atoms with Crippen molar-refractivity contribution in [3.05, 3.63) is 61.9 Å². The molecule has 1 aliphatic heterocycles. The van der Waals surface area contributed by atoms with Gasteiger partial charge in [0.15, 0.2) is 0 Å². The molecule has 3 heterocycles. The van der Waals surface area contributed by atoms with Crippen molar-refractivity contribution in [2.75, 3.05) is 18.4 Å². The molecule has 2 aromatic heterocycles. The number of fused-ring (bicyclic) bond motifs is 1. The van der Waals surface area contributed by atoms with Crippen molar-refractivity contribution in [2.45, 2.75) is 59.7 Å². The Kier molecular flexibility index (Phi) is 9.16. The Morgan fingerprint density at radius 1 is 1.00 bits per heavy atom. The van der Waals surface area contributed by atoms with Crippen molar-refractivity contribution in [1.29, 1.82) is 0 Å². The number of benzene rings is 1. The predicted molar refractivity (Wildman–Crippen MR) is 141 cm³/mol. The Hall–Kier alpha value is -2.55. The second kappa shape index (κ2) is 11.3. The third kappa shape index (κ3) is 4.80. The molecule has 0 saturated carbocycles. The SMILES string of the molecule is CCn1c(=O)n(CC)c2cc(NC(=O)c3c(C)ccn(C4CCNCC4)c3=O)c(C)cc21.Cl.Cl. The molecule has 34 heavy (non-hydrogen) atoms. The number of aryl methyl sites for hydroxylation is 4. The number of imidazole rings is 1. The van der Waals surface area contributed by atoms with Gasteiger partial charge >= 0.3 is 5.69 Å². The van der Waals surface area contributed by atoms with Crippen molar-refractivity contribution >= 4 is 47.4 Å². The minimum Gasteiger partial charge on any atom is -0.321 e. The molecule has 1 aromatic carbocycles. The Labute approximate surface area is 211 Å². The van der Waals surface area contributed by atoms with Gasteiger partial charge in [0.2, 0.25) is 0 Å². The molecule has 1 fully saturated rings. The molecule has 186 valence electrons. The van der Waals surface area contributed by atoms with Gasteiger partial charge in [0, 0.05) is 31.0 Å². The van der Waals surface area contributed by atoms with E-state index in [1.54, 1.807) is 26.8 Å². The quantitative estimate of drug-likeness (QED) is 0.549. The first-order chi connectivity index (χ1) is 15.4. The van der Waals surface area contributed by atoms with E-state index in [0.717, 1.165) is 42.5 Å². The van der Waals surface area contributed by atoms with E-state index in [1.165, 1.54) is 0 Å². The summed E-state index contributed by atoms with van der Waals surface area (Å²) in [6.07, 6.45) is 3.53. The summed E-state index contributed by atoms with van der Waals surface area (Å²) in [5.74, 6) is -0.418. The number of carbonyl (C=O) groups excluding carboxylic acids is 1. The van der Waals surface area contributed by atoms with Crippen LogP contribution in [-0.2, 0) is 13.1 Å². The van der Waals surface area contributed by atoms with E-state index in [4.69, 9.17) is 0 Å². The van der Waals surface area contributed by atoms with Gasteiger partial charge in [0.1, 0.15) is 5.56 Å². The molecule has 0 unspecified atom stereocenters. The third-order valence-electron chi connectivity index (χ3n) is 6.50. The highest BCUT2D eigenvalue weighted by Crippen LogP contribution is 2.24. The Balaban J connectivity index is 0.00000204. The molecule has 1 aliphatic rings. The second-order valence-electron chi connectivity index (χ2n) is 8.45. The maximum absolute atomic E-state index is 13.3. The highest BCUT2D eigenvalue weighted by atomic mass is 35.5. The molecule has 0 atom stereocenters. The summed E-state index contributed by atoms with van der Waals surface area (Å²) in [4.78, 5) is 39.2. The zero-order chi connectivity index (χ0) is 23.0. The average molecular weight is 510 g/mol. The molecular formula is C24H33Cl2N5O3. The van der Waals surface area contributed by atoms with E-state index < -0.39 is 5.91 Å². The van der Waals surface area contributed by atoms with Crippen LogP contribution >= 0.6 is 24.8 Å². The van der Waals surface area contributed by atoms with Crippen LogP contribution in [0, 0.1) is 13.8 Å². The summed E-state index contributed by atoms with van der Waals surface area (Å²) >= 11 is 0. The first-order valence-corrected chi connectivity index (χ1v) is 11.3. The highest BCUT2D eigenvalue weighted by Gasteiger charge is 2.22. The van der Waals surface area contributed by atoms with Gasteiger partial charge in [-0.15, -0.1) is 24.8 Å². The number of pyridine rings is 1. The molecule has 0 bridgehead atoms. The number of nitrogens with one attached hydrogen (secondary N) is 2. The van der Waals surface area contributed by atoms with Gasteiger partial charge in [-0.25, -0.2) is 4.79 Å². The number of nitrogens with zero attached hydrogens (tertiary/aromatic N) is 3. The first kappa shape index (κ1) is 27.7. The third-order valence-corrected chi connectivity index (χ3v) is 6.50. The summed E-state index contributed by atoms with van der Waals surface area (Å²) in [7, 11) is 0. The van der Waals surface area contributed by atoms with Crippen molar-refractivity contribution in [3.8, 4) is 0 Å². The Morgan fingerprint density at radius 3 is 2.18 bits per heavy atom. The number of hydrogen-bond donors (Lipinski definition) is 2. The van der Waals surface area contributed by atoms with E-state index in [0.29, 0.717) is 24.3 Å². The van der Waals surface area contributed by atoms with Crippen molar-refractivity contribution < 1.29 is 4.79 Å². The number of hydrogen-bond acceptors (Lipinski definition) is 4. The molecule has 0 radical (unpaired) electrons. The lowest BCUT2D eigenvalue weighted by Crippen LogP contribution is -2.37. The van der Waals surface area contributed by atoms with E-state index in [-0.39, 0.29) is 47.7 Å². The van der Waals surface area contributed by atoms with E-state index in [9.17, 15) is 14.4 Å². The summed E-state index contributed by atoms with van der Waals surface area (Å²) < 4.78 is 5.14. The van der Waals surface area contributed by atoms with Gasteiger partial charge in [-0.2, -0.15) is 0 Å². The van der Waals surface area contributed by atoms with E-state index in [2.05, 4.69) is 10.6 Å². The molecule has 1 amide bonds. The topological polar surface area (TPSA) is 90.1 Å². The summed E-state index contributed by atoms with van der Waals surface area (Å²) in [5.41, 5.74) is 3.58. The fourth-order valence-corrected chi connectivity index (χ4v) is 4.69. The summed E-state index contributed by atoms with van der Waals surface area (Å²) in [5, 5.41) is 6.24. The summed E-state index contributed by atoms with van der Waals surface area (Å²) in [6, 6.07) is 5.70. The number of anilines is 1. The van der Waals surface area contributed by atoms with Crippen molar-refractivity contribution in [1.82, 2.24) is 19.0 Å². The van der Waals surface area contributed by atoms with Crippen molar-refractivity contribution in [3.63, 3.8) is 0 Å². The molecule has 2 N–H and O–H groups in total. The van der Waals surface area contributed by atoms with Crippen LogP contribution in [0.2, 0.25) is 0 Å². The lowest BCUT2D eigenvalue weighted by atomic mass is 10.0. The standard InChI is InChI=1S/C24H31N5O3.2ClH/c1-5-27-19-13-16(4)18(14-20(19)28(6-2)24(27)32)26-22(30)21-15(3)9-12-29(23(21)31)17-7-10-25-11-8-17;;/h9,12-14,17,25H,5-8,10-11H2,1-4H3,(H,26,30);2*1H. The Bertz CT molecular complexity index is 1300. The molecule has 3 aromatic rings.